The molecule has 144 valence electrons. The fourth-order valence-electron chi connectivity index (χ4n) is 2.38. The molecule has 0 fully saturated rings. The second kappa shape index (κ2) is 8.53. The number of carbonyl (C=O) groups is 2. The molecule has 1 heterocycles. The molecule has 2 aromatic carbocycles. The van der Waals surface area contributed by atoms with Crippen LogP contribution in [0.3, 0.4) is 0 Å². The van der Waals surface area contributed by atoms with Crippen molar-refractivity contribution in [3.63, 3.8) is 0 Å². The molecule has 0 saturated carbocycles. The minimum atomic E-state index is -0.523. The molecule has 9 nitrogen and oxygen atoms in total. The monoisotopic (exact) mass is 398 g/mol. The molecule has 2 amide bonds. The molecule has 0 aliphatic carbocycles. The van der Waals surface area contributed by atoms with Crippen molar-refractivity contribution in [3.05, 3.63) is 54.1 Å². The Morgan fingerprint density at radius 1 is 1.18 bits per heavy atom. The average Bonchev–Trinajstić information content (AvgIpc) is 3.16. The van der Waals surface area contributed by atoms with Gasteiger partial charge in [0, 0.05) is 11.3 Å². The highest BCUT2D eigenvalue weighted by Gasteiger charge is 2.20. The number of nitrogens with zero attached hydrogens (tertiary/aromatic N) is 4. The number of anilines is 1. The number of para-hydroxylation sites is 2. The molecule has 28 heavy (non-hydrogen) atoms. The van der Waals surface area contributed by atoms with E-state index in [9.17, 15) is 9.59 Å². The summed E-state index contributed by atoms with van der Waals surface area (Å²) < 4.78 is 6.87. The summed E-state index contributed by atoms with van der Waals surface area (Å²) in [7, 11) is 1.57. The summed E-state index contributed by atoms with van der Waals surface area (Å²) in [5.41, 5.74) is 6.82. The van der Waals surface area contributed by atoms with E-state index in [1.807, 2.05) is 18.2 Å². The van der Waals surface area contributed by atoms with Crippen LogP contribution in [0.25, 0.3) is 5.69 Å². The van der Waals surface area contributed by atoms with E-state index in [1.54, 1.807) is 44.4 Å². The predicted molar refractivity (Wildman–Crippen MR) is 105 cm³/mol. The highest BCUT2D eigenvalue weighted by atomic mass is 32.2. The number of hydrogen-bond donors (Lipinski definition) is 2. The van der Waals surface area contributed by atoms with E-state index in [2.05, 4.69) is 20.8 Å². The maximum absolute atomic E-state index is 12.5. The van der Waals surface area contributed by atoms with Crippen molar-refractivity contribution in [2.24, 2.45) is 5.73 Å². The van der Waals surface area contributed by atoms with Crippen LogP contribution in [0.2, 0.25) is 0 Å². The molecule has 0 spiro atoms. The number of aromatic nitrogens is 4. The number of thioether (sulfide) groups is 1. The molecule has 1 atom stereocenters. The van der Waals surface area contributed by atoms with Crippen molar-refractivity contribution in [3.8, 4) is 11.4 Å². The van der Waals surface area contributed by atoms with E-state index in [0.29, 0.717) is 27.8 Å². The van der Waals surface area contributed by atoms with E-state index < -0.39 is 11.2 Å². The molecule has 10 heteroatoms. The first-order valence-corrected chi connectivity index (χ1v) is 9.16. The average molecular weight is 398 g/mol. The number of primary amides is 1. The van der Waals surface area contributed by atoms with Crippen LogP contribution in [-0.4, -0.2) is 44.4 Å². The van der Waals surface area contributed by atoms with E-state index in [0.717, 1.165) is 0 Å². The van der Waals surface area contributed by atoms with Gasteiger partial charge in [-0.05, 0) is 53.7 Å². The number of methoxy groups -OCH3 is 1. The van der Waals surface area contributed by atoms with Crippen LogP contribution in [0.4, 0.5) is 5.69 Å². The van der Waals surface area contributed by atoms with Crippen LogP contribution >= 0.6 is 11.8 Å². The lowest BCUT2D eigenvalue weighted by atomic mass is 10.2. The Labute approximate surface area is 165 Å². The zero-order valence-electron chi connectivity index (χ0n) is 15.2. The number of tetrazole rings is 1. The molecular formula is C18H18N6O3S. The predicted octanol–water partition coefficient (Wildman–Crippen LogP) is 1.89. The van der Waals surface area contributed by atoms with Gasteiger partial charge in [0.05, 0.1) is 12.4 Å². The van der Waals surface area contributed by atoms with Gasteiger partial charge in [0.15, 0.2) is 0 Å². The largest absolute Gasteiger partial charge is 0.494 e. The first kappa shape index (κ1) is 19.4. The zero-order chi connectivity index (χ0) is 20.1. The molecule has 3 rings (SSSR count). The Kier molecular flexibility index (Phi) is 5.90. The van der Waals surface area contributed by atoms with Gasteiger partial charge in [0.25, 0.3) is 0 Å². The number of ether oxygens (including phenoxy) is 1. The molecule has 3 N–H and O–H groups in total. The van der Waals surface area contributed by atoms with Crippen LogP contribution in [0.15, 0.2) is 53.7 Å². The SMILES string of the molecule is COc1ccccc1-n1nnnc1SC(C)C(=O)Nc1ccc(C(N)=O)cc1. The molecule has 0 aliphatic heterocycles. The smallest absolute Gasteiger partial charge is 0.248 e. The minimum Gasteiger partial charge on any atom is -0.494 e. The lowest BCUT2D eigenvalue weighted by molar-refractivity contribution is -0.115. The highest BCUT2D eigenvalue weighted by Crippen LogP contribution is 2.28. The van der Waals surface area contributed by atoms with Gasteiger partial charge < -0.3 is 15.8 Å². The Hall–Kier alpha value is -3.40. The van der Waals surface area contributed by atoms with E-state index in [1.165, 1.54) is 16.4 Å². The van der Waals surface area contributed by atoms with Gasteiger partial charge in [-0.1, -0.05) is 23.9 Å². The first-order valence-electron chi connectivity index (χ1n) is 8.28. The number of benzene rings is 2. The number of nitrogens with two attached hydrogens (primary N) is 1. The van der Waals surface area contributed by atoms with Crippen LogP contribution in [-0.2, 0) is 4.79 Å². The van der Waals surface area contributed by atoms with Gasteiger partial charge in [-0.15, -0.1) is 5.10 Å². The maximum Gasteiger partial charge on any atom is 0.248 e. The Morgan fingerprint density at radius 2 is 1.89 bits per heavy atom. The summed E-state index contributed by atoms with van der Waals surface area (Å²) in [6, 6.07) is 13.7. The topological polar surface area (TPSA) is 125 Å². The normalized spacial score (nSPS) is 11.6. The summed E-state index contributed by atoms with van der Waals surface area (Å²) in [5, 5.41) is 14.5. The van der Waals surface area contributed by atoms with Gasteiger partial charge >= 0.3 is 0 Å². The van der Waals surface area contributed by atoms with Crippen molar-refractivity contribution in [2.45, 2.75) is 17.3 Å². The van der Waals surface area contributed by atoms with E-state index in [4.69, 9.17) is 10.5 Å². The Morgan fingerprint density at radius 3 is 2.57 bits per heavy atom. The summed E-state index contributed by atoms with van der Waals surface area (Å²) >= 11 is 1.21. The molecule has 1 unspecified atom stereocenters. The summed E-state index contributed by atoms with van der Waals surface area (Å²) in [5.74, 6) is -0.139. The third kappa shape index (κ3) is 4.29. The second-order valence-corrected chi connectivity index (χ2v) is 7.04. The lowest BCUT2D eigenvalue weighted by Gasteiger charge is -2.13. The highest BCUT2D eigenvalue weighted by molar-refractivity contribution is 8.00. The quantitative estimate of drug-likeness (QED) is 0.582. The third-order valence-electron chi connectivity index (χ3n) is 3.84. The van der Waals surface area contributed by atoms with Gasteiger partial charge in [-0.3, -0.25) is 9.59 Å². The molecule has 0 saturated heterocycles. The van der Waals surface area contributed by atoms with Gasteiger partial charge in [0.1, 0.15) is 11.4 Å². The lowest BCUT2D eigenvalue weighted by Crippen LogP contribution is -2.23. The van der Waals surface area contributed by atoms with Crippen LogP contribution in [0, 0.1) is 0 Å². The minimum absolute atomic E-state index is 0.230. The molecule has 0 radical (unpaired) electrons. The standard InChI is InChI=1S/C18H18N6O3S/c1-11(17(26)20-13-9-7-12(8-10-13)16(19)25)28-18-21-22-23-24(18)14-5-3-4-6-15(14)27-2/h3-11H,1-2H3,(H2,19,25)(H,20,26). The van der Waals surface area contributed by atoms with Crippen molar-refractivity contribution in [1.29, 1.82) is 0 Å². The second-order valence-electron chi connectivity index (χ2n) is 5.74. The van der Waals surface area contributed by atoms with Crippen LogP contribution in [0.1, 0.15) is 17.3 Å². The third-order valence-corrected chi connectivity index (χ3v) is 4.88. The Balaban J connectivity index is 1.71. The summed E-state index contributed by atoms with van der Waals surface area (Å²) in [4.78, 5) is 23.6. The van der Waals surface area contributed by atoms with E-state index in [-0.39, 0.29) is 5.91 Å². The molecule has 0 aliphatic rings. The number of rotatable bonds is 7. The van der Waals surface area contributed by atoms with Crippen LogP contribution < -0.4 is 15.8 Å². The van der Waals surface area contributed by atoms with Crippen LogP contribution in [0.5, 0.6) is 5.75 Å². The number of hydrogen-bond acceptors (Lipinski definition) is 7. The summed E-state index contributed by atoms with van der Waals surface area (Å²) in [6.45, 7) is 1.75. The Bertz CT molecular complexity index is 989. The zero-order valence-corrected chi connectivity index (χ0v) is 16.0. The van der Waals surface area contributed by atoms with Gasteiger partial charge in [-0.25, -0.2) is 0 Å². The number of carbonyl (C=O) groups excluding carboxylic acids is 2. The molecular weight excluding hydrogens is 380 g/mol. The summed E-state index contributed by atoms with van der Waals surface area (Å²) in [6.07, 6.45) is 0. The van der Waals surface area contributed by atoms with Gasteiger partial charge in [-0.2, -0.15) is 4.68 Å². The molecule has 1 aromatic heterocycles. The van der Waals surface area contributed by atoms with Crippen molar-refractivity contribution in [2.75, 3.05) is 12.4 Å². The van der Waals surface area contributed by atoms with Crippen molar-refractivity contribution < 1.29 is 14.3 Å². The molecule has 0 bridgehead atoms. The van der Waals surface area contributed by atoms with Gasteiger partial charge in [0.2, 0.25) is 17.0 Å². The maximum atomic E-state index is 12.5. The molecule has 3 aromatic rings. The van der Waals surface area contributed by atoms with E-state index >= 15 is 0 Å². The first-order chi connectivity index (χ1) is 13.5. The van der Waals surface area contributed by atoms with Crippen molar-refractivity contribution in [1.82, 2.24) is 20.2 Å². The van der Waals surface area contributed by atoms with Crippen molar-refractivity contribution >= 4 is 29.3 Å². The fraction of sp³-hybridized carbons (Fsp3) is 0.167. The fourth-order valence-corrected chi connectivity index (χ4v) is 3.18. The number of nitrogens with one attached hydrogen (secondary N) is 1. The number of amides is 2.